The number of aliphatic hydroxyl groups excluding tert-OH is 2. The maximum absolute atomic E-state index is 13.6. The lowest BCUT2D eigenvalue weighted by Crippen LogP contribution is -2.61. The molecule has 1 fully saturated rings. The van der Waals surface area contributed by atoms with E-state index in [0.29, 0.717) is 23.6 Å². The number of phenols is 1. The van der Waals surface area contributed by atoms with E-state index in [1.807, 2.05) is 0 Å². The minimum atomic E-state index is -2.33. The summed E-state index contributed by atoms with van der Waals surface area (Å²) in [5.74, 6) is -1.85. The van der Waals surface area contributed by atoms with E-state index in [2.05, 4.69) is 22.9 Å². The Morgan fingerprint density at radius 1 is 0.926 bits per heavy atom. The molecule has 0 aliphatic heterocycles. The van der Waals surface area contributed by atoms with Crippen LogP contribution in [0.1, 0.15) is 97.5 Å². The SMILES string of the molecule is CCCCCCCCOc1ccc(NC(=O)C(CCCNC(=O)OC(C)(C)C)NC(=O)C2(O)CC(O)C(O)C(OC(=O)C=Cc3ccc(O)cc3)C2)cc1. The Balaban J connectivity index is 1.65. The van der Waals surface area contributed by atoms with Crippen LogP contribution < -0.4 is 20.7 Å². The molecule has 1 saturated carbocycles. The molecule has 0 bridgehead atoms. The van der Waals surface area contributed by atoms with E-state index < -0.39 is 72.3 Å². The van der Waals surface area contributed by atoms with Gasteiger partial charge in [-0.1, -0.05) is 51.2 Å². The number of carbonyl (C=O) groups is 4. The molecular weight excluding hydrogens is 698 g/mol. The highest BCUT2D eigenvalue weighted by Gasteiger charge is 2.50. The Morgan fingerprint density at radius 3 is 2.26 bits per heavy atom. The van der Waals surface area contributed by atoms with Gasteiger partial charge in [0.25, 0.3) is 5.91 Å². The molecule has 298 valence electrons. The van der Waals surface area contributed by atoms with Gasteiger partial charge in [-0.2, -0.15) is 0 Å². The fourth-order valence-electron chi connectivity index (χ4n) is 5.79. The number of hydrogen-bond acceptors (Lipinski definition) is 11. The zero-order valence-corrected chi connectivity index (χ0v) is 31.7. The molecule has 0 aromatic heterocycles. The molecule has 14 heteroatoms. The van der Waals surface area contributed by atoms with E-state index in [9.17, 15) is 39.6 Å². The van der Waals surface area contributed by atoms with Crippen LogP contribution in [0.5, 0.6) is 11.5 Å². The van der Waals surface area contributed by atoms with Crippen molar-refractivity contribution < 1.29 is 53.8 Å². The van der Waals surface area contributed by atoms with Crippen molar-refractivity contribution in [3.8, 4) is 11.5 Å². The Morgan fingerprint density at radius 2 is 1.59 bits per heavy atom. The highest BCUT2D eigenvalue weighted by atomic mass is 16.6. The summed E-state index contributed by atoms with van der Waals surface area (Å²) in [6.45, 7) is 8.05. The fraction of sp³-hybridized carbons (Fsp3) is 0.550. The van der Waals surface area contributed by atoms with Crippen molar-refractivity contribution in [3.63, 3.8) is 0 Å². The van der Waals surface area contributed by atoms with Crippen LogP contribution in [-0.2, 0) is 23.9 Å². The Kier molecular flexibility index (Phi) is 17.2. The van der Waals surface area contributed by atoms with Crippen LogP contribution in [-0.4, -0.2) is 93.0 Å². The molecule has 0 spiro atoms. The zero-order chi connectivity index (χ0) is 39.7. The van der Waals surface area contributed by atoms with E-state index in [4.69, 9.17) is 14.2 Å². The van der Waals surface area contributed by atoms with Gasteiger partial charge >= 0.3 is 12.1 Å². The van der Waals surface area contributed by atoms with Crippen molar-refractivity contribution >= 4 is 35.6 Å². The maximum Gasteiger partial charge on any atom is 0.407 e. The van der Waals surface area contributed by atoms with Gasteiger partial charge < -0.3 is 50.6 Å². The number of aliphatic hydroxyl groups is 3. The first kappa shape index (κ1) is 43.7. The van der Waals surface area contributed by atoms with Crippen LogP contribution in [0.25, 0.3) is 6.08 Å². The molecule has 14 nitrogen and oxygen atoms in total. The average Bonchev–Trinajstić information content (AvgIpc) is 3.11. The molecule has 1 aliphatic carbocycles. The molecule has 3 rings (SSSR count). The van der Waals surface area contributed by atoms with Crippen molar-refractivity contribution in [1.82, 2.24) is 10.6 Å². The zero-order valence-electron chi connectivity index (χ0n) is 31.7. The molecule has 0 radical (unpaired) electrons. The molecule has 1 aliphatic rings. The van der Waals surface area contributed by atoms with Crippen LogP contribution in [0.3, 0.4) is 0 Å². The van der Waals surface area contributed by atoms with E-state index in [1.165, 1.54) is 43.9 Å². The van der Waals surface area contributed by atoms with Gasteiger partial charge in [-0.3, -0.25) is 9.59 Å². The van der Waals surface area contributed by atoms with Crippen LogP contribution in [0.2, 0.25) is 0 Å². The largest absolute Gasteiger partial charge is 0.508 e. The van der Waals surface area contributed by atoms with Crippen molar-refractivity contribution in [2.24, 2.45) is 0 Å². The molecule has 2 aromatic carbocycles. The Hall–Kier alpha value is -4.66. The standard InChI is InChI=1S/C40H57N3O11/c1-5-6-7-8-9-10-24-52-30-20-16-28(17-21-30)42-36(48)31(12-11-23-41-38(50)54-39(2,3)4)43-37(49)40(51)25-32(45)35(47)33(26-40)53-34(46)22-15-27-13-18-29(44)19-14-27/h13-22,31-33,35,44-45,47,51H,5-12,23-26H2,1-4H3,(H,41,50)(H,42,48)(H,43,49). The summed E-state index contributed by atoms with van der Waals surface area (Å²) >= 11 is 0. The topological polar surface area (TPSA) is 213 Å². The number of rotatable bonds is 19. The van der Waals surface area contributed by atoms with Gasteiger partial charge in [0.1, 0.15) is 41.0 Å². The smallest absolute Gasteiger partial charge is 0.407 e. The summed E-state index contributed by atoms with van der Waals surface area (Å²) < 4.78 is 16.4. The number of unbranched alkanes of at least 4 members (excludes halogenated alkanes) is 5. The van der Waals surface area contributed by atoms with E-state index in [1.54, 1.807) is 57.2 Å². The van der Waals surface area contributed by atoms with Crippen LogP contribution >= 0.6 is 0 Å². The maximum atomic E-state index is 13.6. The first-order valence-corrected chi connectivity index (χ1v) is 18.7. The van der Waals surface area contributed by atoms with Gasteiger partial charge in [-0.25, -0.2) is 9.59 Å². The van der Waals surface area contributed by atoms with Crippen LogP contribution in [0, 0.1) is 0 Å². The predicted octanol–water partition coefficient (Wildman–Crippen LogP) is 4.73. The number of aromatic hydroxyl groups is 1. The van der Waals surface area contributed by atoms with Crippen molar-refractivity contribution in [2.75, 3.05) is 18.5 Å². The summed E-state index contributed by atoms with van der Waals surface area (Å²) in [4.78, 5) is 51.9. The number of amides is 3. The minimum absolute atomic E-state index is 0.0363. The van der Waals surface area contributed by atoms with Gasteiger partial charge in [-0.05, 0) is 88.1 Å². The quantitative estimate of drug-likeness (QED) is 0.0592. The number of carbonyl (C=O) groups excluding carboxylic acids is 4. The normalized spacial score (nSPS) is 20.5. The molecule has 0 heterocycles. The molecule has 54 heavy (non-hydrogen) atoms. The monoisotopic (exact) mass is 755 g/mol. The molecule has 2 aromatic rings. The number of nitrogens with one attached hydrogen (secondary N) is 3. The predicted molar refractivity (Wildman–Crippen MR) is 203 cm³/mol. The lowest BCUT2D eigenvalue weighted by molar-refractivity contribution is -0.187. The van der Waals surface area contributed by atoms with Gasteiger partial charge in [0.2, 0.25) is 5.91 Å². The van der Waals surface area contributed by atoms with Crippen molar-refractivity contribution in [1.29, 1.82) is 0 Å². The average molecular weight is 756 g/mol. The third-order valence-electron chi connectivity index (χ3n) is 8.70. The first-order chi connectivity index (χ1) is 25.6. The Labute approximate surface area is 317 Å². The summed E-state index contributed by atoms with van der Waals surface area (Å²) in [6.07, 6.45) is 3.09. The van der Waals surface area contributed by atoms with Gasteiger partial charge in [0, 0.05) is 31.1 Å². The molecule has 0 saturated heterocycles. The summed E-state index contributed by atoms with van der Waals surface area (Å²) in [6, 6.07) is 11.6. The molecule has 5 unspecified atom stereocenters. The highest BCUT2D eigenvalue weighted by Crippen LogP contribution is 2.32. The van der Waals surface area contributed by atoms with E-state index in [0.717, 1.165) is 18.9 Å². The van der Waals surface area contributed by atoms with E-state index in [-0.39, 0.29) is 25.1 Å². The lowest BCUT2D eigenvalue weighted by atomic mass is 9.78. The minimum Gasteiger partial charge on any atom is -0.508 e. The summed E-state index contributed by atoms with van der Waals surface area (Å²) in [7, 11) is 0. The molecule has 7 N–H and O–H groups in total. The summed E-state index contributed by atoms with van der Waals surface area (Å²) in [5.41, 5.74) is -2.03. The third-order valence-corrected chi connectivity index (χ3v) is 8.70. The number of ether oxygens (including phenoxy) is 3. The molecule has 5 atom stereocenters. The fourth-order valence-corrected chi connectivity index (χ4v) is 5.79. The first-order valence-electron chi connectivity index (χ1n) is 18.7. The van der Waals surface area contributed by atoms with Gasteiger partial charge in [0.15, 0.2) is 0 Å². The lowest BCUT2D eigenvalue weighted by Gasteiger charge is -2.41. The number of alkyl carbamates (subject to hydrolysis) is 1. The third kappa shape index (κ3) is 15.4. The second kappa shape index (κ2) is 21.3. The number of phenolic OH excluding ortho intramolecular Hbond substituents is 1. The number of anilines is 1. The van der Waals surface area contributed by atoms with E-state index >= 15 is 0 Å². The molecular formula is C40H57N3O11. The van der Waals surface area contributed by atoms with Gasteiger partial charge in [-0.15, -0.1) is 0 Å². The second-order valence-electron chi connectivity index (χ2n) is 14.6. The summed E-state index contributed by atoms with van der Waals surface area (Å²) in [5, 5.41) is 50.0. The van der Waals surface area contributed by atoms with Crippen LogP contribution in [0.4, 0.5) is 10.5 Å². The Bertz CT molecular complexity index is 1530. The number of benzene rings is 2. The van der Waals surface area contributed by atoms with Crippen molar-refractivity contribution in [2.45, 2.75) is 127 Å². The number of hydrogen-bond donors (Lipinski definition) is 7. The van der Waals surface area contributed by atoms with Crippen LogP contribution in [0.15, 0.2) is 54.6 Å². The van der Waals surface area contributed by atoms with Crippen molar-refractivity contribution in [3.05, 3.63) is 60.2 Å². The second-order valence-corrected chi connectivity index (χ2v) is 14.6. The molecule has 3 amide bonds. The number of esters is 1. The highest BCUT2D eigenvalue weighted by molar-refractivity contribution is 5.98. The van der Waals surface area contributed by atoms with Gasteiger partial charge in [0.05, 0.1) is 12.7 Å².